The number of benzene rings is 2. The van der Waals surface area contributed by atoms with Crippen LogP contribution in [0.3, 0.4) is 0 Å². The van der Waals surface area contributed by atoms with Gasteiger partial charge < -0.3 is 10.4 Å². The molecule has 2 aromatic rings. The van der Waals surface area contributed by atoms with Crippen molar-refractivity contribution in [2.75, 3.05) is 5.32 Å². The Morgan fingerprint density at radius 2 is 1.65 bits per heavy atom. The number of hydrogen-bond donors (Lipinski definition) is 3. The molecule has 2 rings (SSSR count). The normalized spacial score (nSPS) is 12.3. The Morgan fingerprint density at radius 1 is 1.04 bits per heavy atom. The maximum Gasteiger partial charge on any atom is 0.321 e. The zero-order chi connectivity index (χ0) is 19.2. The second kappa shape index (κ2) is 8.59. The summed E-state index contributed by atoms with van der Waals surface area (Å²) in [6.07, 6.45) is -0.304. The van der Waals surface area contributed by atoms with E-state index in [0.717, 1.165) is 5.56 Å². The fraction of sp³-hybridized carbons (Fsp3) is 0.222. The van der Waals surface area contributed by atoms with E-state index in [9.17, 15) is 23.1 Å². The molecule has 0 aliphatic carbocycles. The fourth-order valence-corrected chi connectivity index (χ4v) is 3.45. The highest BCUT2D eigenvalue weighted by molar-refractivity contribution is 7.89. The van der Waals surface area contributed by atoms with Gasteiger partial charge in [-0.25, -0.2) is 8.42 Å². The molecule has 0 fully saturated rings. The van der Waals surface area contributed by atoms with Gasteiger partial charge in [-0.05, 0) is 37.6 Å². The molecule has 7 nitrogen and oxygen atoms in total. The summed E-state index contributed by atoms with van der Waals surface area (Å²) in [5.74, 6) is -1.73. The average molecular weight is 376 g/mol. The highest BCUT2D eigenvalue weighted by Crippen LogP contribution is 2.13. The lowest BCUT2D eigenvalue weighted by Gasteiger charge is -2.15. The number of anilines is 1. The minimum atomic E-state index is -3.99. The number of nitrogens with one attached hydrogen (secondary N) is 2. The smallest absolute Gasteiger partial charge is 0.321 e. The Kier molecular flexibility index (Phi) is 6.48. The fourth-order valence-electron chi connectivity index (χ4n) is 2.23. The number of carbonyl (C=O) groups is 2. The molecule has 26 heavy (non-hydrogen) atoms. The summed E-state index contributed by atoms with van der Waals surface area (Å²) >= 11 is 0. The first-order valence-corrected chi connectivity index (χ1v) is 9.43. The number of para-hydroxylation sites is 1. The van der Waals surface area contributed by atoms with Crippen molar-refractivity contribution in [1.29, 1.82) is 0 Å². The van der Waals surface area contributed by atoms with Crippen LogP contribution in [0.2, 0.25) is 0 Å². The van der Waals surface area contributed by atoms with Gasteiger partial charge in [0.2, 0.25) is 15.9 Å². The summed E-state index contributed by atoms with van der Waals surface area (Å²) in [4.78, 5) is 23.3. The van der Waals surface area contributed by atoms with Gasteiger partial charge in [-0.1, -0.05) is 35.9 Å². The summed E-state index contributed by atoms with van der Waals surface area (Å²) in [6, 6.07) is 13.4. The van der Waals surface area contributed by atoms with Gasteiger partial charge in [0.25, 0.3) is 0 Å². The highest BCUT2D eigenvalue weighted by atomic mass is 32.2. The van der Waals surface area contributed by atoms with E-state index in [0.29, 0.717) is 5.69 Å². The molecule has 3 N–H and O–H groups in total. The van der Waals surface area contributed by atoms with E-state index >= 15 is 0 Å². The molecule has 0 saturated heterocycles. The maximum atomic E-state index is 12.3. The van der Waals surface area contributed by atoms with Crippen molar-refractivity contribution in [2.45, 2.75) is 30.7 Å². The molecule has 8 heteroatoms. The minimum Gasteiger partial charge on any atom is -0.480 e. The van der Waals surface area contributed by atoms with Crippen molar-refractivity contribution >= 4 is 27.6 Å². The van der Waals surface area contributed by atoms with E-state index in [1.165, 1.54) is 12.1 Å². The van der Waals surface area contributed by atoms with Crippen LogP contribution >= 0.6 is 0 Å². The third kappa shape index (κ3) is 5.68. The molecule has 0 aromatic heterocycles. The van der Waals surface area contributed by atoms with Gasteiger partial charge in [0.05, 0.1) is 4.90 Å². The van der Waals surface area contributed by atoms with Crippen molar-refractivity contribution in [3.63, 3.8) is 0 Å². The standard InChI is InChI=1S/C18H20N2O5S/c1-13-7-9-15(10-8-13)26(24,25)20-16(18(22)23)11-12-17(21)19-14-5-3-2-4-6-14/h2-10,16,20H,11-12H2,1H3,(H,19,21)(H,22,23)/t16-/m1/s1. The van der Waals surface area contributed by atoms with Crippen LogP contribution < -0.4 is 10.0 Å². The lowest BCUT2D eigenvalue weighted by atomic mass is 10.1. The number of carbonyl (C=O) groups excluding carboxylic acids is 1. The van der Waals surface area contributed by atoms with Gasteiger partial charge in [-0.2, -0.15) is 4.72 Å². The van der Waals surface area contributed by atoms with Crippen LogP contribution in [0.25, 0.3) is 0 Å². The zero-order valence-corrected chi connectivity index (χ0v) is 15.0. The van der Waals surface area contributed by atoms with Crippen LogP contribution in [0.1, 0.15) is 18.4 Å². The van der Waals surface area contributed by atoms with Gasteiger partial charge >= 0.3 is 5.97 Å². The number of hydrogen-bond acceptors (Lipinski definition) is 4. The monoisotopic (exact) mass is 376 g/mol. The predicted molar refractivity (Wildman–Crippen MR) is 97.2 cm³/mol. The maximum absolute atomic E-state index is 12.3. The Bertz CT molecular complexity index is 864. The summed E-state index contributed by atoms with van der Waals surface area (Å²) in [5.41, 5.74) is 1.47. The molecule has 1 atom stereocenters. The number of amides is 1. The van der Waals surface area contributed by atoms with E-state index in [4.69, 9.17) is 0 Å². The van der Waals surface area contributed by atoms with Crippen molar-refractivity contribution in [3.8, 4) is 0 Å². The number of sulfonamides is 1. The van der Waals surface area contributed by atoms with E-state index in [2.05, 4.69) is 10.0 Å². The van der Waals surface area contributed by atoms with Crippen LogP contribution in [0.15, 0.2) is 59.5 Å². The molecule has 0 heterocycles. The quantitative estimate of drug-likeness (QED) is 0.653. The van der Waals surface area contributed by atoms with Crippen LogP contribution in [-0.2, 0) is 19.6 Å². The molecule has 0 spiro atoms. The molecule has 0 aliphatic rings. The van der Waals surface area contributed by atoms with Crippen LogP contribution in [0.4, 0.5) is 5.69 Å². The van der Waals surface area contributed by atoms with Gasteiger partial charge in [0, 0.05) is 12.1 Å². The third-order valence-electron chi connectivity index (χ3n) is 3.64. The number of rotatable bonds is 8. The number of carboxylic acid groups (broad SMARTS) is 1. The molecule has 1 amide bonds. The first kappa shape index (κ1) is 19.6. The number of aliphatic carboxylic acids is 1. The summed E-state index contributed by atoms with van der Waals surface area (Å²) in [7, 11) is -3.99. The highest BCUT2D eigenvalue weighted by Gasteiger charge is 2.26. The first-order chi connectivity index (χ1) is 12.3. The van der Waals surface area contributed by atoms with Crippen molar-refractivity contribution < 1.29 is 23.1 Å². The molecular weight excluding hydrogens is 356 g/mol. The summed E-state index contributed by atoms with van der Waals surface area (Å²) in [6.45, 7) is 1.81. The second-order valence-corrected chi connectivity index (χ2v) is 7.49. The molecular formula is C18H20N2O5S. The molecule has 0 bridgehead atoms. The lowest BCUT2D eigenvalue weighted by Crippen LogP contribution is -2.41. The van der Waals surface area contributed by atoms with E-state index in [1.807, 2.05) is 6.92 Å². The largest absolute Gasteiger partial charge is 0.480 e. The number of aryl methyl sites for hydroxylation is 1. The van der Waals surface area contributed by atoms with Gasteiger partial charge in [0.1, 0.15) is 6.04 Å². The molecule has 0 radical (unpaired) electrons. The Balaban J connectivity index is 1.99. The predicted octanol–water partition coefficient (Wildman–Crippen LogP) is 2.15. The average Bonchev–Trinajstić information content (AvgIpc) is 2.59. The number of carboxylic acids is 1. The molecule has 2 aromatic carbocycles. The van der Waals surface area contributed by atoms with E-state index in [1.54, 1.807) is 42.5 Å². The van der Waals surface area contributed by atoms with Crippen molar-refractivity contribution in [1.82, 2.24) is 4.72 Å². The molecule has 138 valence electrons. The van der Waals surface area contributed by atoms with Crippen LogP contribution in [0.5, 0.6) is 0 Å². The van der Waals surface area contributed by atoms with Gasteiger partial charge in [-0.3, -0.25) is 9.59 Å². The van der Waals surface area contributed by atoms with E-state index in [-0.39, 0.29) is 17.7 Å². The molecule has 0 saturated carbocycles. The van der Waals surface area contributed by atoms with E-state index < -0.39 is 27.9 Å². The van der Waals surface area contributed by atoms with Crippen LogP contribution in [0, 0.1) is 6.92 Å². The van der Waals surface area contributed by atoms with Crippen molar-refractivity contribution in [2.24, 2.45) is 0 Å². The Labute approximate surface area is 152 Å². The summed E-state index contributed by atoms with van der Waals surface area (Å²) < 4.78 is 26.8. The summed E-state index contributed by atoms with van der Waals surface area (Å²) in [5, 5.41) is 11.9. The zero-order valence-electron chi connectivity index (χ0n) is 14.2. The minimum absolute atomic E-state index is 0.0249. The van der Waals surface area contributed by atoms with Crippen LogP contribution in [-0.4, -0.2) is 31.4 Å². The SMILES string of the molecule is Cc1ccc(S(=O)(=O)N[C@H](CCC(=O)Nc2ccccc2)C(=O)O)cc1. The molecule has 0 aliphatic heterocycles. The first-order valence-electron chi connectivity index (χ1n) is 7.94. The lowest BCUT2D eigenvalue weighted by molar-refractivity contribution is -0.139. The van der Waals surface area contributed by atoms with Crippen molar-refractivity contribution in [3.05, 3.63) is 60.2 Å². The van der Waals surface area contributed by atoms with Gasteiger partial charge in [-0.15, -0.1) is 0 Å². The third-order valence-corrected chi connectivity index (χ3v) is 5.13. The second-order valence-electron chi connectivity index (χ2n) is 5.78. The topological polar surface area (TPSA) is 113 Å². The molecule has 0 unspecified atom stereocenters. The Hall–Kier alpha value is -2.71. The Morgan fingerprint density at radius 3 is 2.23 bits per heavy atom. The van der Waals surface area contributed by atoms with Gasteiger partial charge in [0.15, 0.2) is 0 Å².